The van der Waals surface area contributed by atoms with E-state index in [-0.39, 0.29) is 12.5 Å². The van der Waals surface area contributed by atoms with E-state index in [9.17, 15) is 9.90 Å². The number of rotatable bonds is 5. The maximum Gasteiger partial charge on any atom is 0.257 e. The zero-order valence-corrected chi connectivity index (χ0v) is 17.6. The number of carbonyl (C=O) groups is 1. The number of aromatic nitrogens is 1. The number of aliphatic hydroxyl groups is 1. The number of para-hydroxylation sites is 1. The number of fused-ring (bicyclic) bond motifs is 1. The third-order valence-electron chi connectivity index (χ3n) is 5.71. The number of amidine groups is 1. The molecule has 3 aliphatic rings. The molecule has 2 aromatic rings. The van der Waals surface area contributed by atoms with Gasteiger partial charge in [-0.15, -0.1) is 0 Å². The largest absolute Gasteiger partial charge is 0.392 e. The Kier molecular flexibility index (Phi) is 5.68. The number of aliphatic imine (C=N–C) groups is 1. The highest BCUT2D eigenvalue weighted by molar-refractivity contribution is 5.97. The second-order valence-electron chi connectivity index (χ2n) is 7.74. The Labute approximate surface area is 185 Å². The summed E-state index contributed by atoms with van der Waals surface area (Å²) in [6.45, 7) is 2.97. The predicted octanol–water partition coefficient (Wildman–Crippen LogP) is 0.545. The van der Waals surface area contributed by atoms with Crippen LogP contribution >= 0.6 is 0 Å². The molecule has 3 aliphatic heterocycles. The van der Waals surface area contributed by atoms with Gasteiger partial charge in [-0.05, 0) is 18.2 Å². The molecule has 0 spiro atoms. The van der Waals surface area contributed by atoms with Crippen molar-refractivity contribution < 1.29 is 19.5 Å². The molecule has 164 valence electrons. The van der Waals surface area contributed by atoms with E-state index in [4.69, 9.17) is 4.74 Å². The summed E-state index contributed by atoms with van der Waals surface area (Å²) in [6, 6.07) is 11.4. The molecule has 32 heavy (non-hydrogen) atoms. The quantitative estimate of drug-likeness (QED) is 0.638. The average Bonchev–Trinajstić information content (AvgIpc) is 3.34. The maximum atomic E-state index is 12.7. The number of hydrogen-bond donors (Lipinski definition) is 3. The topological polar surface area (TPSA) is 94.7 Å². The molecular formula is C23H25N6O3+. The minimum absolute atomic E-state index is 0.0315. The number of anilines is 2. The molecule has 1 saturated heterocycles. The van der Waals surface area contributed by atoms with E-state index in [2.05, 4.69) is 20.2 Å². The van der Waals surface area contributed by atoms with Crippen LogP contribution in [-0.2, 0) is 11.3 Å². The summed E-state index contributed by atoms with van der Waals surface area (Å²) in [7, 11) is 0. The Morgan fingerprint density at radius 2 is 2.03 bits per heavy atom. The molecule has 0 bridgehead atoms. The van der Waals surface area contributed by atoms with Crippen LogP contribution in [0.25, 0.3) is 0 Å². The summed E-state index contributed by atoms with van der Waals surface area (Å²) in [5, 5.41) is 13.1. The van der Waals surface area contributed by atoms with E-state index in [1.807, 2.05) is 36.7 Å². The molecule has 9 heteroatoms. The lowest BCUT2D eigenvalue weighted by molar-refractivity contribution is -0.743. The molecule has 1 amide bonds. The molecule has 1 unspecified atom stereocenters. The third-order valence-corrected chi connectivity index (χ3v) is 5.71. The van der Waals surface area contributed by atoms with Crippen LogP contribution in [0.1, 0.15) is 15.9 Å². The van der Waals surface area contributed by atoms with Crippen molar-refractivity contribution in [2.75, 3.05) is 43.2 Å². The number of benzene rings is 1. The van der Waals surface area contributed by atoms with E-state index in [1.54, 1.807) is 29.4 Å². The molecule has 1 aromatic heterocycles. The van der Waals surface area contributed by atoms with E-state index in [0.717, 1.165) is 27.7 Å². The number of nitrogens with zero attached hydrogens (tertiary/aromatic N) is 4. The van der Waals surface area contributed by atoms with Gasteiger partial charge in [0, 0.05) is 31.0 Å². The Morgan fingerprint density at radius 3 is 2.81 bits per heavy atom. The van der Waals surface area contributed by atoms with Gasteiger partial charge in [0.15, 0.2) is 6.67 Å². The number of pyridine rings is 1. The minimum atomic E-state index is -0.0322. The highest BCUT2D eigenvalue weighted by Gasteiger charge is 2.32. The van der Waals surface area contributed by atoms with Crippen molar-refractivity contribution in [3.63, 3.8) is 0 Å². The SMILES string of the molecule is O=C(c1ccc(NC2=CN(c3ccccc3CO)C[NH+]3C=CN=C23)nc1)N1CCOCC1. The van der Waals surface area contributed by atoms with Gasteiger partial charge in [0.1, 0.15) is 17.7 Å². The summed E-state index contributed by atoms with van der Waals surface area (Å²) in [5.41, 5.74) is 3.17. The number of aliphatic hydroxyl groups excluding tert-OH is 1. The summed E-state index contributed by atoms with van der Waals surface area (Å²) < 4.78 is 5.32. The first kappa shape index (κ1) is 20.4. The van der Waals surface area contributed by atoms with Gasteiger partial charge in [-0.3, -0.25) is 9.69 Å². The molecule has 0 aliphatic carbocycles. The van der Waals surface area contributed by atoms with Crippen LogP contribution in [-0.4, -0.2) is 59.7 Å². The van der Waals surface area contributed by atoms with E-state index in [1.165, 1.54) is 0 Å². The summed E-state index contributed by atoms with van der Waals surface area (Å²) >= 11 is 0. The highest BCUT2D eigenvalue weighted by Crippen LogP contribution is 2.23. The van der Waals surface area contributed by atoms with E-state index in [0.29, 0.717) is 44.4 Å². The summed E-state index contributed by atoms with van der Waals surface area (Å²) in [5.74, 6) is 1.47. The van der Waals surface area contributed by atoms with E-state index < -0.39 is 0 Å². The normalized spacial score (nSPS) is 20.0. The monoisotopic (exact) mass is 433 g/mol. The van der Waals surface area contributed by atoms with Gasteiger partial charge in [0.25, 0.3) is 11.7 Å². The number of carbonyl (C=O) groups excluding carboxylic acids is 1. The zero-order valence-electron chi connectivity index (χ0n) is 17.6. The van der Waals surface area contributed by atoms with Gasteiger partial charge in [0.05, 0.1) is 37.3 Å². The highest BCUT2D eigenvalue weighted by atomic mass is 16.5. The van der Waals surface area contributed by atoms with Gasteiger partial charge in [-0.2, -0.15) is 4.99 Å². The average molecular weight is 433 g/mol. The van der Waals surface area contributed by atoms with Crippen LogP contribution in [0.2, 0.25) is 0 Å². The summed E-state index contributed by atoms with van der Waals surface area (Å²) in [6.07, 6.45) is 7.37. The molecule has 9 nitrogen and oxygen atoms in total. The number of morpholine rings is 1. The van der Waals surface area contributed by atoms with Crippen molar-refractivity contribution in [3.8, 4) is 0 Å². The minimum Gasteiger partial charge on any atom is -0.392 e. The van der Waals surface area contributed by atoms with Crippen molar-refractivity contribution >= 4 is 23.2 Å². The molecule has 5 rings (SSSR count). The van der Waals surface area contributed by atoms with Gasteiger partial charge < -0.3 is 20.1 Å². The van der Waals surface area contributed by atoms with Crippen molar-refractivity contribution in [2.45, 2.75) is 6.61 Å². The van der Waals surface area contributed by atoms with Crippen molar-refractivity contribution in [1.29, 1.82) is 0 Å². The summed E-state index contributed by atoms with van der Waals surface area (Å²) in [4.78, 5) is 26.6. The second kappa shape index (κ2) is 8.91. The first-order chi connectivity index (χ1) is 15.7. The van der Waals surface area contributed by atoms with Crippen LogP contribution in [0.5, 0.6) is 0 Å². The first-order valence-corrected chi connectivity index (χ1v) is 10.6. The molecule has 0 saturated carbocycles. The Morgan fingerprint density at radius 1 is 1.19 bits per heavy atom. The lowest BCUT2D eigenvalue weighted by Gasteiger charge is -2.30. The lowest BCUT2D eigenvalue weighted by Crippen LogP contribution is -3.12. The fourth-order valence-electron chi connectivity index (χ4n) is 4.03. The molecule has 3 N–H and O–H groups in total. The number of quaternary nitrogens is 1. The number of hydrogen-bond acceptors (Lipinski definition) is 7. The molecule has 0 radical (unpaired) electrons. The van der Waals surface area contributed by atoms with Crippen LogP contribution in [0, 0.1) is 0 Å². The Balaban J connectivity index is 1.37. The molecule has 1 atom stereocenters. The Hall–Kier alpha value is -3.53. The van der Waals surface area contributed by atoms with Gasteiger partial charge in [-0.1, -0.05) is 18.2 Å². The number of ether oxygens (including phenoxy) is 1. The molecule has 4 heterocycles. The first-order valence-electron chi connectivity index (χ1n) is 10.6. The van der Waals surface area contributed by atoms with Crippen LogP contribution in [0.15, 0.2) is 71.9 Å². The van der Waals surface area contributed by atoms with Gasteiger partial charge in [0.2, 0.25) is 0 Å². The second-order valence-corrected chi connectivity index (χ2v) is 7.74. The fraction of sp³-hybridized carbons (Fsp3) is 0.261. The number of nitrogens with one attached hydrogen (secondary N) is 2. The molecular weight excluding hydrogens is 408 g/mol. The van der Waals surface area contributed by atoms with Crippen LogP contribution < -0.4 is 15.1 Å². The van der Waals surface area contributed by atoms with Crippen molar-refractivity contribution in [1.82, 2.24) is 9.88 Å². The smallest absolute Gasteiger partial charge is 0.257 e. The fourth-order valence-corrected chi connectivity index (χ4v) is 4.03. The molecule has 1 fully saturated rings. The predicted molar refractivity (Wildman–Crippen MR) is 120 cm³/mol. The van der Waals surface area contributed by atoms with E-state index >= 15 is 0 Å². The van der Waals surface area contributed by atoms with Gasteiger partial charge in [-0.25, -0.2) is 9.88 Å². The third kappa shape index (κ3) is 4.01. The maximum absolute atomic E-state index is 12.7. The Bertz CT molecular complexity index is 1090. The standard InChI is InChI=1S/C23H24N6O3/c30-15-18-3-1-2-4-20(18)29-14-19(22-24-7-8-28(22)16-29)26-21-6-5-17(13-25-21)23(31)27-9-11-32-12-10-27/h1-8,13-14,30H,9-12,15-16H2,(H,25,26)/p+1. The number of amides is 1. The van der Waals surface area contributed by atoms with Crippen LogP contribution in [0.3, 0.4) is 0 Å². The molecule has 1 aromatic carbocycles. The zero-order chi connectivity index (χ0) is 21.9. The van der Waals surface area contributed by atoms with Crippen LogP contribution in [0.4, 0.5) is 11.5 Å². The van der Waals surface area contributed by atoms with Crippen molar-refractivity contribution in [3.05, 3.63) is 78.0 Å². The van der Waals surface area contributed by atoms with Crippen molar-refractivity contribution in [2.24, 2.45) is 4.99 Å². The lowest BCUT2D eigenvalue weighted by atomic mass is 10.1. The van der Waals surface area contributed by atoms with Gasteiger partial charge >= 0.3 is 0 Å².